The molecular weight excluding hydrogens is 297 g/mol. The van der Waals surface area contributed by atoms with Gasteiger partial charge in [0.25, 0.3) is 0 Å². The van der Waals surface area contributed by atoms with Crippen molar-refractivity contribution >= 4 is 23.5 Å². The molecule has 1 amide bonds. The molecule has 4 nitrogen and oxygen atoms in total. The molecule has 21 heavy (non-hydrogen) atoms. The van der Waals surface area contributed by atoms with Gasteiger partial charge in [-0.25, -0.2) is 4.39 Å². The minimum absolute atomic E-state index is 0.0784. The first kappa shape index (κ1) is 15.8. The molecule has 0 aromatic heterocycles. The molecule has 1 aromatic rings. The second-order valence-corrected chi connectivity index (χ2v) is 6.60. The number of carbonyl (C=O) groups excluding carboxylic acids is 1. The lowest BCUT2D eigenvalue weighted by atomic mass is 9.91. The van der Waals surface area contributed by atoms with Crippen LogP contribution in [0.5, 0.6) is 0 Å². The first-order valence-corrected chi connectivity index (χ1v) is 7.00. The van der Waals surface area contributed by atoms with Gasteiger partial charge in [0.05, 0.1) is 12.0 Å². The summed E-state index contributed by atoms with van der Waals surface area (Å²) in [6.07, 6.45) is -0.0784. The molecule has 2 unspecified atom stereocenters. The third-order valence-corrected chi connectivity index (χ3v) is 3.97. The lowest BCUT2D eigenvalue weighted by molar-refractivity contribution is -0.142. The Balaban J connectivity index is 2.57. The van der Waals surface area contributed by atoms with Crippen LogP contribution >= 0.6 is 11.6 Å². The normalized spacial score (nSPS) is 22.7. The van der Waals surface area contributed by atoms with E-state index in [1.54, 1.807) is 0 Å². The molecule has 1 aliphatic heterocycles. The molecule has 1 N–H and O–H groups in total. The Hall–Kier alpha value is -1.62. The van der Waals surface area contributed by atoms with Gasteiger partial charge >= 0.3 is 5.97 Å². The number of benzene rings is 1. The molecule has 1 heterocycles. The monoisotopic (exact) mass is 313 g/mol. The SMILES string of the molecule is CC(C)(C)N1C(=O)CC(C(=O)O)C1c1ccc(F)cc1Cl. The minimum Gasteiger partial charge on any atom is -0.481 e. The number of carboxylic acids is 1. The van der Waals surface area contributed by atoms with Gasteiger partial charge in [-0.1, -0.05) is 17.7 Å². The summed E-state index contributed by atoms with van der Waals surface area (Å²) >= 11 is 6.07. The van der Waals surface area contributed by atoms with Crippen LogP contribution in [0.1, 0.15) is 38.8 Å². The molecule has 1 aliphatic rings. The average molecular weight is 314 g/mol. The van der Waals surface area contributed by atoms with Crippen molar-refractivity contribution in [3.8, 4) is 0 Å². The Bertz CT molecular complexity index is 597. The molecule has 0 spiro atoms. The van der Waals surface area contributed by atoms with Gasteiger partial charge in [0.2, 0.25) is 5.91 Å². The molecule has 2 rings (SSSR count). The highest BCUT2D eigenvalue weighted by Crippen LogP contribution is 2.44. The van der Waals surface area contributed by atoms with Crippen LogP contribution in [0, 0.1) is 11.7 Å². The van der Waals surface area contributed by atoms with Crippen LogP contribution in [0.15, 0.2) is 18.2 Å². The van der Waals surface area contributed by atoms with Crippen molar-refractivity contribution in [3.05, 3.63) is 34.6 Å². The molecule has 114 valence electrons. The summed E-state index contributed by atoms with van der Waals surface area (Å²) in [5, 5.41) is 9.53. The Kier molecular flexibility index (Phi) is 3.97. The zero-order chi connectivity index (χ0) is 15.9. The number of carboxylic acid groups (broad SMARTS) is 1. The van der Waals surface area contributed by atoms with Gasteiger partial charge < -0.3 is 10.0 Å². The summed E-state index contributed by atoms with van der Waals surface area (Å²) in [4.78, 5) is 25.3. The highest BCUT2D eigenvalue weighted by Gasteiger charge is 2.49. The quantitative estimate of drug-likeness (QED) is 0.911. The van der Waals surface area contributed by atoms with Gasteiger partial charge in [0.15, 0.2) is 0 Å². The van der Waals surface area contributed by atoms with Gasteiger partial charge in [-0.15, -0.1) is 0 Å². The molecule has 0 bridgehead atoms. The number of nitrogens with zero attached hydrogens (tertiary/aromatic N) is 1. The predicted molar refractivity (Wildman–Crippen MR) is 76.5 cm³/mol. The first-order valence-electron chi connectivity index (χ1n) is 6.63. The van der Waals surface area contributed by atoms with Crippen molar-refractivity contribution in [1.82, 2.24) is 4.90 Å². The Morgan fingerprint density at radius 1 is 1.43 bits per heavy atom. The maximum Gasteiger partial charge on any atom is 0.309 e. The number of halogens is 2. The Morgan fingerprint density at radius 3 is 2.52 bits per heavy atom. The third-order valence-electron chi connectivity index (χ3n) is 3.64. The van der Waals surface area contributed by atoms with Crippen molar-refractivity contribution < 1.29 is 19.1 Å². The van der Waals surface area contributed by atoms with Crippen LogP contribution in [-0.4, -0.2) is 27.4 Å². The van der Waals surface area contributed by atoms with Gasteiger partial charge in [-0.05, 0) is 38.5 Å². The molecular formula is C15H17ClFNO3. The molecule has 1 fully saturated rings. The lowest BCUT2D eigenvalue weighted by Gasteiger charge is -2.38. The van der Waals surface area contributed by atoms with Crippen LogP contribution < -0.4 is 0 Å². The van der Waals surface area contributed by atoms with Crippen molar-refractivity contribution in [2.24, 2.45) is 5.92 Å². The highest BCUT2D eigenvalue weighted by molar-refractivity contribution is 6.31. The van der Waals surface area contributed by atoms with Crippen LogP contribution in [0.2, 0.25) is 5.02 Å². The molecule has 6 heteroatoms. The fourth-order valence-electron chi connectivity index (χ4n) is 2.84. The van der Waals surface area contributed by atoms with Gasteiger partial charge in [0.1, 0.15) is 5.82 Å². The number of hydrogen-bond acceptors (Lipinski definition) is 2. The van der Waals surface area contributed by atoms with E-state index in [2.05, 4.69) is 0 Å². The van der Waals surface area contributed by atoms with E-state index in [0.29, 0.717) is 5.56 Å². The number of aliphatic carboxylic acids is 1. The average Bonchev–Trinajstić information content (AvgIpc) is 2.66. The summed E-state index contributed by atoms with van der Waals surface area (Å²) in [5.74, 6) is -2.68. The van der Waals surface area contributed by atoms with E-state index in [1.165, 1.54) is 17.0 Å². The molecule has 0 saturated carbocycles. The summed E-state index contributed by atoms with van der Waals surface area (Å²) in [5.41, 5.74) is -0.0878. The van der Waals surface area contributed by atoms with Crippen LogP contribution in [-0.2, 0) is 9.59 Å². The number of carbonyl (C=O) groups is 2. The van der Waals surface area contributed by atoms with Crippen LogP contribution in [0.25, 0.3) is 0 Å². The first-order chi connectivity index (χ1) is 9.62. The van der Waals surface area contributed by atoms with E-state index >= 15 is 0 Å². The summed E-state index contributed by atoms with van der Waals surface area (Å²) in [6.45, 7) is 5.50. The summed E-state index contributed by atoms with van der Waals surface area (Å²) in [7, 11) is 0. The number of likely N-dealkylation sites (tertiary alicyclic amines) is 1. The van der Waals surface area contributed by atoms with E-state index in [9.17, 15) is 19.1 Å². The summed E-state index contributed by atoms with van der Waals surface area (Å²) < 4.78 is 13.2. The zero-order valence-corrected chi connectivity index (χ0v) is 12.8. The lowest BCUT2D eigenvalue weighted by Crippen LogP contribution is -2.44. The third kappa shape index (κ3) is 2.88. The highest BCUT2D eigenvalue weighted by atomic mass is 35.5. The Morgan fingerprint density at radius 2 is 2.05 bits per heavy atom. The topological polar surface area (TPSA) is 57.6 Å². The fraction of sp³-hybridized carbons (Fsp3) is 0.467. The van der Waals surface area contributed by atoms with Crippen molar-refractivity contribution in [1.29, 1.82) is 0 Å². The van der Waals surface area contributed by atoms with Gasteiger partial charge in [0, 0.05) is 17.0 Å². The molecule has 1 aromatic carbocycles. The smallest absolute Gasteiger partial charge is 0.309 e. The second kappa shape index (κ2) is 5.30. The number of hydrogen-bond donors (Lipinski definition) is 1. The predicted octanol–water partition coefficient (Wildman–Crippen LogP) is 3.25. The van der Waals surface area contributed by atoms with E-state index in [0.717, 1.165) is 6.07 Å². The number of rotatable bonds is 2. The van der Waals surface area contributed by atoms with Gasteiger partial charge in [-0.3, -0.25) is 9.59 Å². The fourth-order valence-corrected chi connectivity index (χ4v) is 3.12. The van der Waals surface area contributed by atoms with E-state index in [1.807, 2.05) is 20.8 Å². The second-order valence-electron chi connectivity index (χ2n) is 6.19. The molecule has 2 atom stereocenters. The van der Waals surface area contributed by atoms with Crippen molar-refractivity contribution in [2.75, 3.05) is 0 Å². The maximum absolute atomic E-state index is 13.2. The van der Waals surface area contributed by atoms with E-state index in [4.69, 9.17) is 11.6 Å². The van der Waals surface area contributed by atoms with E-state index in [-0.39, 0.29) is 17.4 Å². The van der Waals surface area contributed by atoms with Crippen LogP contribution in [0.3, 0.4) is 0 Å². The largest absolute Gasteiger partial charge is 0.481 e. The van der Waals surface area contributed by atoms with Crippen molar-refractivity contribution in [2.45, 2.75) is 38.8 Å². The maximum atomic E-state index is 13.2. The minimum atomic E-state index is -1.06. The summed E-state index contributed by atoms with van der Waals surface area (Å²) in [6, 6.07) is 3.13. The Labute approximate surface area is 127 Å². The van der Waals surface area contributed by atoms with Crippen molar-refractivity contribution in [3.63, 3.8) is 0 Å². The number of amides is 1. The molecule has 0 radical (unpaired) electrons. The molecule has 1 saturated heterocycles. The van der Waals surface area contributed by atoms with Gasteiger partial charge in [-0.2, -0.15) is 0 Å². The standard InChI is InChI=1S/C15H17ClFNO3/c1-15(2,3)18-12(19)7-10(14(20)21)13(18)9-5-4-8(17)6-11(9)16/h4-6,10,13H,7H2,1-3H3,(H,20,21). The van der Waals surface area contributed by atoms with E-state index < -0.39 is 29.3 Å². The zero-order valence-electron chi connectivity index (χ0n) is 12.1. The molecule has 0 aliphatic carbocycles. The van der Waals surface area contributed by atoms with Crippen LogP contribution in [0.4, 0.5) is 4.39 Å².